The first-order chi connectivity index (χ1) is 14.0. The van der Waals surface area contributed by atoms with Crippen molar-refractivity contribution in [3.63, 3.8) is 0 Å². The lowest BCUT2D eigenvalue weighted by Gasteiger charge is -2.15. The van der Waals surface area contributed by atoms with E-state index in [1.165, 1.54) is 11.8 Å². The number of hydrogen-bond donors (Lipinski definition) is 1. The topological polar surface area (TPSA) is 69.0 Å². The molecule has 6 nitrogen and oxygen atoms in total. The highest BCUT2D eigenvalue weighted by molar-refractivity contribution is 7.99. The number of carbonyl (C=O) groups excluding carboxylic acids is 1. The summed E-state index contributed by atoms with van der Waals surface area (Å²) in [4.78, 5) is 12.4. The molecule has 0 saturated carbocycles. The van der Waals surface area contributed by atoms with E-state index < -0.39 is 0 Å². The Balaban J connectivity index is 1.60. The molecule has 0 bridgehead atoms. The van der Waals surface area contributed by atoms with Crippen molar-refractivity contribution in [3.8, 4) is 5.75 Å². The van der Waals surface area contributed by atoms with Crippen molar-refractivity contribution in [2.75, 3.05) is 11.1 Å². The number of nitrogens with one attached hydrogen (secondary N) is 1. The first-order valence-corrected chi connectivity index (χ1v) is 10.7. The highest BCUT2D eigenvalue weighted by atomic mass is 35.5. The van der Waals surface area contributed by atoms with E-state index in [1.54, 1.807) is 6.07 Å². The number of thioether (sulfide) groups is 1. The quantitative estimate of drug-likeness (QED) is 0.514. The Morgan fingerprint density at radius 1 is 1.21 bits per heavy atom. The maximum atomic E-state index is 12.4. The number of carbonyl (C=O) groups is 1. The number of halogens is 1. The van der Waals surface area contributed by atoms with E-state index >= 15 is 0 Å². The smallest absolute Gasteiger partial charge is 0.234 e. The standard InChI is InChI=1S/C21H23ClN4O2S/c1-4-15-9-5-7-11-17(15)23-19(27)13-29-21-25-24-20(26(21)3)14(2)28-18-12-8-6-10-16(18)22/h5-12,14H,4,13H2,1-3H3,(H,23,27)/t14-/m0/s1. The molecule has 152 valence electrons. The Bertz CT molecular complexity index is 992. The maximum absolute atomic E-state index is 12.4. The molecule has 3 rings (SSSR count). The van der Waals surface area contributed by atoms with Gasteiger partial charge in [0.15, 0.2) is 17.1 Å². The summed E-state index contributed by atoms with van der Waals surface area (Å²) in [5.41, 5.74) is 1.96. The fraction of sp³-hybridized carbons (Fsp3) is 0.286. The minimum absolute atomic E-state index is 0.0826. The van der Waals surface area contributed by atoms with Crippen LogP contribution in [0.3, 0.4) is 0 Å². The van der Waals surface area contributed by atoms with Crippen LogP contribution in [0.5, 0.6) is 5.75 Å². The van der Waals surface area contributed by atoms with Gasteiger partial charge in [-0.25, -0.2) is 0 Å². The van der Waals surface area contributed by atoms with Crippen LogP contribution in [0.4, 0.5) is 5.69 Å². The predicted octanol–water partition coefficient (Wildman–Crippen LogP) is 4.90. The van der Waals surface area contributed by atoms with Crippen molar-refractivity contribution in [2.24, 2.45) is 7.05 Å². The molecule has 0 unspecified atom stereocenters. The molecule has 1 aromatic heterocycles. The van der Waals surface area contributed by atoms with Gasteiger partial charge in [0.1, 0.15) is 5.75 Å². The summed E-state index contributed by atoms with van der Waals surface area (Å²) in [6.07, 6.45) is 0.520. The van der Waals surface area contributed by atoms with Gasteiger partial charge in [-0.2, -0.15) is 0 Å². The number of anilines is 1. The molecule has 8 heteroatoms. The van der Waals surface area contributed by atoms with Gasteiger partial charge in [-0.15, -0.1) is 10.2 Å². The normalized spacial score (nSPS) is 11.9. The maximum Gasteiger partial charge on any atom is 0.234 e. The fourth-order valence-electron chi connectivity index (χ4n) is 2.86. The van der Waals surface area contributed by atoms with Gasteiger partial charge >= 0.3 is 0 Å². The number of aromatic nitrogens is 3. The number of aryl methyl sites for hydroxylation is 1. The van der Waals surface area contributed by atoms with Crippen molar-refractivity contribution < 1.29 is 9.53 Å². The lowest BCUT2D eigenvalue weighted by molar-refractivity contribution is -0.113. The van der Waals surface area contributed by atoms with E-state index in [2.05, 4.69) is 22.4 Å². The van der Waals surface area contributed by atoms with Crippen LogP contribution in [0.2, 0.25) is 5.02 Å². The molecule has 0 aliphatic rings. The number of rotatable bonds is 8. The highest BCUT2D eigenvalue weighted by Crippen LogP contribution is 2.29. The molecule has 1 amide bonds. The van der Waals surface area contributed by atoms with Crippen LogP contribution in [0.25, 0.3) is 0 Å². The summed E-state index contributed by atoms with van der Waals surface area (Å²) in [5, 5.41) is 12.6. The summed E-state index contributed by atoms with van der Waals surface area (Å²) < 4.78 is 7.74. The molecule has 0 aliphatic carbocycles. The van der Waals surface area contributed by atoms with E-state index in [9.17, 15) is 4.79 Å². The summed E-state index contributed by atoms with van der Waals surface area (Å²) in [7, 11) is 1.86. The average molecular weight is 431 g/mol. The SMILES string of the molecule is CCc1ccccc1NC(=O)CSc1nnc([C@H](C)Oc2ccccc2Cl)n1C. The van der Waals surface area contributed by atoms with Gasteiger partial charge in [-0.1, -0.05) is 60.6 Å². The number of nitrogens with zero attached hydrogens (tertiary/aromatic N) is 3. The first-order valence-electron chi connectivity index (χ1n) is 9.30. The number of ether oxygens (including phenoxy) is 1. The van der Waals surface area contributed by atoms with E-state index in [-0.39, 0.29) is 17.8 Å². The Morgan fingerprint density at radius 3 is 2.69 bits per heavy atom. The highest BCUT2D eigenvalue weighted by Gasteiger charge is 2.19. The largest absolute Gasteiger partial charge is 0.481 e. The molecule has 0 radical (unpaired) electrons. The number of benzene rings is 2. The van der Waals surface area contributed by atoms with Gasteiger partial charge in [-0.05, 0) is 37.1 Å². The predicted molar refractivity (Wildman–Crippen MR) is 117 cm³/mol. The zero-order valence-corrected chi connectivity index (χ0v) is 18.1. The second-order valence-corrected chi connectivity index (χ2v) is 7.79. The third kappa shape index (κ3) is 5.31. The van der Waals surface area contributed by atoms with E-state index in [0.717, 1.165) is 17.7 Å². The van der Waals surface area contributed by atoms with Crippen molar-refractivity contribution >= 4 is 35.0 Å². The zero-order chi connectivity index (χ0) is 20.8. The summed E-state index contributed by atoms with van der Waals surface area (Å²) in [5.74, 6) is 1.40. The van der Waals surface area contributed by atoms with Gasteiger partial charge in [0.05, 0.1) is 10.8 Å². The number of para-hydroxylation sites is 2. The lowest BCUT2D eigenvalue weighted by Crippen LogP contribution is -2.16. The third-order valence-corrected chi connectivity index (χ3v) is 5.71. The van der Waals surface area contributed by atoms with Crippen LogP contribution in [0.15, 0.2) is 53.7 Å². The Kier molecular flexibility index (Phi) is 7.17. The monoisotopic (exact) mass is 430 g/mol. The molecular weight excluding hydrogens is 408 g/mol. The second kappa shape index (κ2) is 9.80. The number of amides is 1. The van der Waals surface area contributed by atoms with Gasteiger partial charge < -0.3 is 14.6 Å². The molecule has 2 aromatic carbocycles. The van der Waals surface area contributed by atoms with Crippen molar-refractivity contribution in [3.05, 3.63) is 64.9 Å². The average Bonchev–Trinajstić information content (AvgIpc) is 3.09. The molecule has 0 spiro atoms. The fourth-order valence-corrected chi connectivity index (χ4v) is 3.75. The summed E-state index contributed by atoms with van der Waals surface area (Å²) in [6.45, 7) is 3.95. The van der Waals surface area contributed by atoms with Gasteiger partial charge in [0.25, 0.3) is 0 Å². The zero-order valence-electron chi connectivity index (χ0n) is 16.6. The molecule has 0 fully saturated rings. The van der Waals surface area contributed by atoms with E-state index in [1.807, 2.05) is 61.0 Å². The molecule has 0 saturated heterocycles. The van der Waals surface area contributed by atoms with Gasteiger partial charge in [-0.3, -0.25) is 4.79 Å². The molecule has 1 heterocycles. The number of hydrogen-bond acceptors (Lipinski definition) is 5. The summed E-state index contributed by atoms with van der Waals surface area (Å²) >= 11 is 7.49. The first kappa shape index (κ1) is 21.2. The van der Waals surface area contributed by atoms with Crippen LogP contribution >= 0.6 is 23.4 Å². The van der Waals surface area contributed by atoms with Crippen LogP contribution < -0.4 is 10.1 Å². The Morgan fingerprint density at radius 2 is 1.93 bits per heavy atom. The van der Waals surface area contributed by atoms with Crippen molar-refractivity contribution in [1.82, 2.24) is 14.8 Å². The third-order valence-electron chi connectivity index (χ3n) is 4.38. The minimum atomic E-state index is -0.341. The van der Waals surface area contributed by atoms with E-state index in [0.29, 0.717) is 21.8 Å². The Hall–Kier alpha value is -2.51. The molecule has 1 N–H and O–H groups in total. The van der Waals surface area contributed by atoms with Crippen molar-refractivity contribution in [1.29, 1.82) is 0 Å². The lowest BCUT2D eigenvalue weighted by atomic mass is 10.1. The van der Waals surface area contributed by atoms with E-state index in [4.69, 9.17) is 16.3 Å². The molecule has 1 atom stereocenters. The van der Waals surface area contributed by atoms with Gasteiger partial charge in [0, 0.05) is 12.7 Å². The molecule has 0 aliphatic heterocycles. The van der Waals surface area contributed by atoms with Crippen LogP contribution in [0, 0.1) is 0 Å². The van der Waals surface area contributed by atoms with Crippen LogP contribution in [0.1, 0.15) is 31.3 Å². The second-order valence-electron chi connectivity index (χ2n) is 6.44. The minimum Gasteiger partial charge on any atom is -0.481 e. The Labute approximate surface area is 179 Å². The van der Waals surface area contributed by atoms with Crippen LogP contribution in [-0.4, -0.2) is 26.4 Å². The van der Waals surface area contributed by atoms with Gasteiger partial charge in [0.2, 0.25) is 5.91 Å². The molecule has 29 heavy (non-hydrogen) atoms. The molecular formula is C21H23ClN4O2S. The van der Waals surface area contributed by atoms with Crippen LogP contribution in [-0.2, 0) is 18.3 Å². The molecule has 3 aromatic rings. The summed E-state index contributed by atoms with van der Waals surface area (Å²) in [6, 6.07) is 15.1. The van der Waals surface area contributed by atoms with Crippen molar-refractivity contribution in [2.45, 2.75) is 31.5 Å².